The number of halogens is 4. The van der Waals surface area contributed by atoms with E-state index in [9.17, 15) is 37.6 Å². The van der Waals surface area contributed by atoms with Crippen LogP contribution in [-0.4, -0.2) is 95.0 Å². The van der Waals surface area contributed by atoms with Gasteiger partial charge in [0.1, 0.15) is 42.0 Å². The topological polar surface area (TPSA) is 183 Å². The van der Waals surface area contributed by atoms with Crippen LogP contribution in [0.4, 0.5) is 28.9 Å². The number of carbonyl (C=O) groups excluding carboxylic acids is 4. The van der Waals surface area contributed by atoms with Crippen LogP contribution in [0.25, 0.3) is 11.3 Å². The molecular formula is C46H52F4N8O7S. The highest BCUT2D eigenvalue weighted by Crippen LogP contribution is 2.38. The summed E-state index contributed by atoms with van der Waals surface area (Å²) in [6, 6.07) is 12.1. The molecule has 3 amide bonds. The second-order valence-electron chi connectivity index (χ2n) is 17.2. The number of nitrogens with zero attached hydrogens (tertiary/aromatic N) is 6. The van der Waals surface area contributed by atoms with Crippen LogP contribution in [0.2, 0.25) is 0 Å². The van der Waals surface area contributed by atoms with Crippen molar-refractivity contribution >= 4 is 52.7 Å². The Morgan fingerprint density at radius 3 is 2.36 bits per heavy atom. The molecule has 0 aliphatic carbocycles. The van der Waals surface area contributed by atoms with E-state index in [4.69, 9.17) is 26.1 Å². The lowest BCUT2D eigenvalue weighted by Crippen LogP contribution is -2.58. The number of carbonyl (C=O) groups is 4. The highest BCUT2D eigenvalue weighted by molar-refractivity contribution is 7.80. The van der Waals surface area contributed by atoms with Gasteiger partial charge in [-0.05, 0) is 106 Å². The number of hydrogen-bond donors (Lipinski definition) is 2. The van der Waals surface area contributed by atoms with Crippen molar-refractivity contribution in [1.82, 2.24) is 25.5 Å². The van der Waals surface area contributed by atoms with Crippen molar-refractivity contribution in [2.24, 2.45) is 5.41 Å². The number of nitriles is 1. The predicted octanol–water partition coefficient (Wildman–Crippen LogP) is 6.99. The molecule has 1 unspecified atom stereocenters. The number of unbranched alkanes of at least 4 members (excludes halogenated alkanes) is 1. The van der Waals surface area contributed by atoms with Crippen molar-refractivity contribution in [3.8, 4) is 23.1 Å². The lowest BCUT2D eigenvalue weighted by Gasteiger charge is -2.39. The van der Waals surface area contributed by atoms with Crippen LogP contribution in [0.1, 0.15) is 77.2 Å². The third-order valence-corrected chi connectivity index (χ3v) is 11.2. The van der Waals surface area contributed by atoms with Crippen molar-refractivity contribution in [2.75, 3.05) is 43.2 Å². The first-order valence-corrected chi connectivity index (χ1v) is 21.4. The first kappa shape index (κ1) is 50.5. The number of anilines is 2. The Balaban J connectivity index is 1.09. The summed E-state index contributed by atoms with van der Waals surface area (Å²) < 4.78 is 73.2. The molecule has 0 radical (unpaired) electrons. The van der Waals surface area contributed by atoms with Crippen LogP contribution in [-0.2, 0) is 36.6 Å². The van der Waals surface area contributed by atoms with E-state index in [-0.39, 0.29) is 36.7 Å². The number of alkyl halides is 3. The van der Waals surface area contributed by atoms with Crippen molar-refractivity contribution in [2.45, 2.75) is 90.6 Å². The maximum atomic E-state index is 15.4. The maximum Gasteiger partial charge on any atom is 0.420 e. The summed E-state index contributed by atoms with van der Waals surface area (Å²) in [5, 5.41) is 14.6. The molecular weight excluding hydrogens is 885 g/mol. The number of pyridine rings is 1. The Labute approximate surface area is 385 Å². The Hall–Kier alpha value is -6.46. The van der Waals surface area contributed by atoms with Crippen LogP contribution in [0, 0.1) is 22.6 Å². The van der Waals surface area contributed by atoms with Gasteiger partial charge in [-0.1, -0.05) is 20.8 Å². The Morgan fingerprint density at radius 2 is 1.76 bits per heavy atom. The van der Waals surface area contributed by atoms with Crippen molar-refractivity contribution in [1.29, 1.82) is 5.26 Å². The highest BCUT2D eigenvalue weighted by atomic mass is 32.1. The third kappa shape index (κ3) is 12.5. The van der Waals surface area contributed by atoms with Gasteiger partial charge in [0.2, 0.25) is 17.7 Å². The Kier molecular flexibility index (Phi) is 16.6. The molecule has 15 nitrogen and oxygen atoms in total. The third-order valence-electron chi connectivity index (χ3n) is 10.7. The molecule has 4 aromatic rings. The van der Waals surface area contributed by atoms with Gasteiger partial charge < -0.3 is 44.0 Å². The monoisotopic (exact) mass is 936 g/mol. The molecule has 0 saturated carbocycles. The fourth-order valence-corrected chi connectivity index (χ4v) is 7.64. The number of nitrogens with one attached hydrogen (secondary N) is 2. The molecule has 2 N–H and O–H groups in total. The van der Waals surface area contributed by atoms with Crippen LogP contribution >= 0.6 is 12.2 Å². The zero-order valence-corrected chi connectivity index (χ0v) is 38.2. The van der Waals surface area contributed by atoms with Gasteiger partial charge >= 0.3 is 6.18 Å². The zero-order chi connectivity index (χ0) is 48.4. The predicted molar refractivity (Wildman–Crippen MR) is 239 cm³/mol. The SMILES string of the molecule is CN(C(=S)N(c1ccc(-c2ccc(OCCCCOCC(=O)NC(C(=O)N3CCC[C@H]3C(=O)NCc3cnco3)C(C)(C)C)cc2)nc1)C(C)(C)C=O)c1ccc(C#N)c(C(F)(F)F)c1F. The molecule has 5 rings (SSSR count). The Bertz CT molecular complexity index is 2390. The van der Waals surface area contributed by atoms with E-state index in [0.29, 0.717) is 68.0 Å². The molecule has 3 heterocycles. The van der Waals surface area contributed by atoms with E-state index in [2.05, 4.69) is 20.6 Å². The lowest BCUT2D eigenvalue weighted by molar-refractivity contribution is -0.144. The van der Waals surface area contributed by atoms with Crippen LogP contribution in [0.5, 0.6) is 5.75 Å². The summed E-state index contributed by atoms with van der Waals surface area (Å²) in [4.78, 5) is 64.1. The molecule has 1 aliphatic heterocycles. The number of rotatable bonds is 18. The van der Waals surface area contributed by atoms with E-state index in [0.717, 1.165) is 22.6 Å². The van der Waals surface area contributed by atoms with E-state index >= 15 is 4.39 Å². The molecule has 66 heavy (non-hydrogen) atoms. The smallest absolute Gasteiger partial charge is 0.420 e. The fraction of sp³-hybridized carbons (Fsp3) is 0.435. The number of thiocarbonyl (C=S) groups is 1. The van der Waals surface area contributed by atoms with Gasteiger partial charge in [0.15, 0.2) is 17.3 Å². The molecule has 2 aromatic heterocycles. The van der Waals surface area contributed by atoms with Gasteiger partial charge in [0.25, 0.3) is 0 Å². The average Bonchev–Trinajstić information content (AvgIpc) is 4.00. The second-order valence-corrected chi connectivity index (χ2v) is 17.5. The van der Waals surface area contributed by atoms with Gasteiger partial charge in [-0.2, -0.15) is 18.4 Å². The van der Waals surface area contributed by atoms with Crippen molar-refractivity contribution < 1.29 is 50.6 Å². The zero-order valence-electron chi connectivity index (χ0n) is 37.4. The summed E-state index contributed by atoms with van der Waals surface area (Å²) in [7, 11) is 1.26. The number of likely N-dealkylation sites (tertiary alicyclic amines) is 1. The molecule has 0 spiro atoms. The minimum atomic E-state index is -5.15. The number of ether oxygens (including phenoxy) is 2. The van der Waals surface area contributed by atoms with Gasteiger partial charge in [-0.3, -0.25) is 19.4 Å². The van der Waals surface area contributed by atoms with E-state index in [1.807, 2.05) is 20.8 Å². The molecule has 0 bridgehead atoms. The summed E-state index contributed by atoms with van der Waals surface area (Å²) >= 11 is 5.61. The van der Waals surface area contributed by atoms with Crippen molar-refractivity contribution in [3.63, 3.8) is 0 Å². The molecule has 352 valence electrons. The van der Waals surface area contributed by atoms with E-state index in [1.165, 1.54) is 55.6 Å². The molecule has 2 aromatic carbocycles. The average molecular weight is 937 g/mol. The van der Waals surface area contributed by atoms with Gasteiger partial charge in [-0.25, -0.2) is 9.37 Å². The van der Waals surface area contributed by atoms with Gasteiger partial charge in [0.05, 0.1) is 59.8 Å². The standard InChI is InChI=1S/C46H52F4N8O7S/c1-44(2,3)40(42(62)57-19-9-10-36(57)41(61)54-25-33-24-52-28-65-33)55-37(60)26-63-20-7-8-21-64-32-15-11-29(12-16-32)34-17-14-31(23-53-34)58(45(4,5)27-59)43(66)56(6)35-18-13-30(22-51)38(39(35)47)46(48,49)50/h11-18,23-24,27-28,36,40H,7-10,19-21,25-26H2,1-6H3,(H,54,61)(H,55,60)/t36-,40?/m0/s1. The minimum Gasteiger partial charge on any atom is -0.494 e. The summed E-state index contributed by atoms with van der Waals surface area (Å²) in [6.45, 7) is 9.53. The summed E-state index contributed by atoms with van der Waals surface area (Å²) in [5.74, 6) is -1.68. The highest BCUT2D eigenvalue weighted by Gasteiger charge is 2.43. The van der Waals surface area contributed by atoms with E-state index in [1.54, 1.807) is 36.4 Å². The summed E-state index contributed by atoms with van der Waals surface area (Å²) in [5.41, 5.74) is -3.55. The van der Waals surface area contributed by atoms with Crippen LogP contribution < -0.4 is 25.2 Å². The van der Waals surface area contributed by atoms with Crippen LogP contribution in [0.3, 0.4) is 0 Å². The molecule has 2 atom stereocenters. The lowest BCUT2D eigenvalue weighted by atomic mass is 9.85. The first-order valence-electron chi connectivity index (χ1n) is 21.0. The number of aromatic nitrogens is 2. The minimum absolute atomic E-state index is 0.148. The number of aldehydes is 1. The van der Waals surface area contributed by atoms with E-state index < -0.39 is 57.8 Å². The van der Waals surface area contributed by atoms with Crippen LogP contribution in [0.15, 0.2) is 71.7 Å². The number of amides is 3. The second kappa shape index (κ2) is 21.7. The fourth-order valence-electron chi connectivity index (χ4n) is 7.20. The number of oxazole rings is 1. The number of hydrogen-bond acceptors (Lipinski definition) is 11. The molecule has 1 fully saturated rings. The first-order chi connectivity index (χ1) is 31.2. The van der Waals surface area contributed by atoms with Gasteiger partial charge in [-0.15, -0.1) is 0 Å². The number of benzene rings is 2. The Morgan fingerprint density at radius 1 is 1.05 bits per heavy atom. The van der Waals surface area contributed by atoms with Gasteiger partial charge in [0, 0.05) is 25.8 Å². The van der Waals surface area contributed by atoms with Crippen molar-refractivity contribution in [3.05, 3.63) is 90.0 Å². The normalized spacial score (nSPS) is 14.5. The summed E-state index contributed by atoms with van der Waals surface area (Å²) in [6.07, 6.45) is 2.03. The maximum absolute atomic E-state index is 15.4. The largest absolute Gasteiger partial charge is 0.494 e. The molecule has 20 heteroatoms. The quantitative estimate of drug-likeness (QED) is 0.0451. The molecule has 1 saturated heterocycles. The molecule has 1 aliphatic rings.